The molecule has 0 aromatic heterocycles. The van der Waals surface area contributed by atoms with Crippen LogP contribution in [0.4, 0.5) is 5.69 Å². The van der Waals surface area contributed by atoms with Crippen LogP contribution in [0.25, 0.3) is 0 Å². The molecule has 0 spiro atoms. The molecule has 0 atom stereocenters. The van der Waals surface area contributed by atoms with E-state index in [1.165, 1.54) is 26.0 Å². The van der Waals surface area contributed by atoms with Gasteiger partial charge in [0.05, 0.1) is 4.92 Å². The van der Waals surface area contributed by atoms with Crippen molar-refractivity contribution in [3.63, 3.8) is 0 Å². The van der Waals surface area contributed by atoms with Gasteiger partial charge in [-0.3, -0.25) is 14.9 Å². The minimum Gasteiger partial charge on any atom is -0.480 e. The van der Waals surface area contributed by atoms with Gasteiger partial charge in [-0.2, -0.15) is 0 Å². The van der Waals surface area contributed by atoms with Crippen molar-refractivity contribution < 1.29 is 19.6 Å². The zero-order valence-electron chi connectivity index (χ0n) is 10.1. The summed E-state index contributed by atoms with van der Waals surface area (Å²) in [6, 6.07) is 3.71. The van der Waals surface area contributed by atoms with Gasteiger partial charge in [0.15, 0.2) is 0 Å². The second-order valence-corrected chi connectivity index (χ2v) is 5.26. The van der Waals surface area contributed by atoms with E-state index in [0.717, 1.165) is 6.07 Å². The minimum atomic E-state index is -1.46. The first-order valence-electron chi connectivity index (χ1n) is 5.14. The molecule has 0 saturated heterocycles. The van der Waals surface area contributed by atoms with Crippen LogP contribution >= 0.6 is 15.9 Å². The van der Waals surface area contributed by atoms with Gasteiger partial charge >= 0.3 is 5.97 Å². The Balaban J connectivity index is 3.07. The number of carboxylic acid groups (broad SMARTS) is 1. The number of non-ortho nitro benzene ring substituents is 1. The normalized spacial score (nSPS) is 10.9. The summed E-state index contributed by atoms with van der Waals surface area (Å²) in [5.74, 6) is -1.90. The van der Waals surface area contributed by atoms with E-state index < -0.39 is 22.3 Å². The number of nitrogens with zero attached hydrogens (tertiary/aromatic N) is 1. The summed E-state index contributed by atoms with van der Waals surface area (Å²) in [5, 5.41) is 21.9. The van der Waals surface area contributed by atoms with Gasteiger partial charge in [-0.05, 0) is 19.9 Å². The number of aliphatic carboxylic acids is 1. The van der Waals surface area contributed by atoms with Crippen molar-refractivity contribution in [1.29, 1.82) is 0 Å². The van der Waals surface area contributed by atoms with Gasteiger partial charge in [0.25, 0.3) is 11.6 Å². The fourth-order valence-corrected chi connectivity index (χ4v) is 1.70. The Kier molecular flexibility index (Phi) is 4.25. The van der Waals surface area contributed by atoms with Gasteiger partial charge in [-0.25, -0.2) is 4.79 Å². The van der Waals surface area contributed by atoms with E-state index in [0.29, 0.717) is 4.47 Å². The molecular weight excluding hydrogens is 320 g/mol. The molecule has 0 radical (unpaired) electrons. The van der Waals surface area contributed by atoms with E-state index in [2.05, 4.69) is 21.2 Å². The molecule has 7 nitrogen and oxygen atoms in total. The number of benzene rings is 1. The lowest BCUT2D eigenvalue weighted by molar-refractivity contribution is -0.385. The van der Waals surface area contributed by atoms with Crippen LogP contribution in [0.3, 0.4) is 0 Å². The van der Waals surface area contributed by atoms with Crippen LogP contribution in [0.2, 0.25) is 0 Å². The van der Waals surface area contributed by atoms with Crippen LogP contribution < -0.4 is 5.32 Å². The van der Waals surface area contributed by atoms with E-state index in [1.54, 1.807) is 0 Å². The number of nitrogens with one attached hydrogen (secondary N) is 1. The largest absolute Gasteiger partial charge is 0.480 e. The SMILES string of the molecule is CC(C)(NC(=O)c1cc(Br)cc([N+](=O)[O-])c1)C(=O)O. The average Bonchev–Trinajstić information content (AvgIpc) is 2.27. The van der Waals surface area contributed by atoms with E-state index in [9.17, 15) is 19.7 Å². The number of hydrogen-bond donors (Lipinski definition) is 2. The molecule has 0 aliphatic rings. The predicted molar refractivity (Wildman–Crippen MR) is 70.0 cm³/mol. The fourth-order valence-electron chi connectivity index (χ4n) is 1.22. The molecule has 2 N–H and O–H groups in total. The van der Waals surface area contributed by atoms with Crippen molar-refractivity contribution in [2.75, 3.05) is 0 Å². The molecule has 19 heavy (non-hydrogen) atoms. The molecule has 1 aromatic rings. The highest BCUT2D eigenvalue weighted by molar-refractivity contribution is 9.10. The Bertz CT molecular complexity index is 556. The summed E-state index contributed by atoms with van der Waals surface area (Å²) in [4.78, 5) is 32.8. The average molecular weight is 331 g/mol. The molecule has 0 aliphatic heterocycles. The number of carboxylic acids is 1. The lowest BCUT2D eigenvalue weighted by Gasteiger charge is -2.20. The van der Waals surface area contributed by atoms with Crippen LogP contribution in [0, 0.1) is 10.1 Å². The first-order chi connectivity index (χ1) is 8.63. The maximum atomic E-state index is 11.9. The molecular formula is C11H11BrN2O5. The Morgan fingerprint density at radius 3 is 2.42 bits per heavy atom. The first-order valence-corrected chi connectivity index (χ1v) is 5.93. The second-order valence-electron chi connectivity index (χ2n) is 4.34. The van der Waals surface area contributed by atoms with Crippen LogP contribution in [-0.2, 0) is 4.79 Å². The molecule has 8 heteroatoms. The molecule has 1 aromatic carbocycles. The standard InChI is InChI=1S/C11H11BrN2O5/c1-11(2,10(16)17)13-9(15)6-3-7(12)5-8(4-6)14(18)19/h3-5H,1-2H3,(H,13,15)(H,16,17). The maximum absolute atomic E-state index is 11.9. The zero-order chi connectivity index (χ0) is 14.8. The van der Waals surface area contributed by atoms with Gasteiger partial charge in [0.2, 0.25) is 0 Å². The molecule has 1 rings (SSSR count). The number of carbonyl (C=O) groups excluding carboxylic acids is 1. The van der Waals surface area contributed by atoms with Crippen LogP contribution in [0.5, 0.6) is 0 Å². The van der Waals surface area contributed by atoms with Crippen molar-refractivity contribution in [1.82, 2.24) is 5.32 Å². The molecule has 0 saturated carbocycles. The second kappa shape index (κ2) is 5.35. The fraction of sp³-hybridized carbons (Fsp3) is 0.273. The van der Waals surface area contributed by atoms with Crippen molar-refractivity contribution in [3.05, 3.63) is 38.3 Å². The lowest BCUT2D eigenvalue weighted by atomic mass is 10.1. The Morgan fingerprint density at radius 2 is 1.95 bits per heavy atom. The van der Waals surface area contributed by atoms with Gasteiger partial charge in [0.1, 0.15) is 5.54 Å². The summed E-state index contributed by atoms with van der Waals surface area (Å²) < 4.78 is 0.361. The molecule has 0 unspecified atom stereocenters. The van der Waals surface area contributed by atoms with Gasteiger partial charge in [-0.1, -0.05) is 15.9 Å². The van der Waals surface area contributed by atoms with Crippen LogP contribution in [-0.4, -0.2) is 27.4 Å². The predicted octanol–water partition coefficient (Wildman–Crippen LogP) is 1.95. The summed E-state index contributed by atoms with van der Waals surface area (Å²) in [7, 11) is 0. The summed E-state index contributed by atoms with van der Waals surface area (Å²) in [6.07, 6.45) is 0. The van der Waals surface area contributed by atoms with Crippen molar-refractivity contribution >= 4 is 33.5 Å². The van der Waals surface area contributed by atoms with Crippen molar-refractivity contribution in [2.24, 2.45) is 0 Å². The van der Waals surface area contributed by atoms with Gasteiger partial charge in [0, 0.05) is 22.2 Å². The Labute approximate surface area is 116 Å². The summed E-state index contributed by atoms with van der Waals surface area (Å²) >= 11 is 3.06. The molecule has 0 heterocycles. The topological polar surface area (TPSA) is 110 Å². The maximum Gasteiger partial charge on any atom is 0.328 e. The highest BCUT2D eigenvalue weighted by Crippen LogP contribution is 2.21. The van der Waals surface area contributed by atoms with Crippen LogP contribution in [0.15, 0.2) is 22.7 Å². The third kappa shape index (κ3) is 3.75. The number of amides is 1. The monoisotopic (exact) mass is 330 g/mol. The van der Waals surface area contributed by atoms with E-state index in [-0.39, 0.29) is 11.3 Å². The minimum absolute atomic E-state index is 0.00963. The lowest BCUT2D eigenvalue weighted by Crippen LogP contribution is -2.49. The number of halogens is 1. The van der Waals surface area contributed by atoms with E-state index in [1.807, 2.05) is 0 Å². The Hall–Kier alpha value is -1.96. The van der Waals surface area contributed by atoms with Crippen molar-refractivity contribution in [3.8, 4) is 0 Å². The Morgan fingerprint density at radius 1 is 1.37 bits per heavy atom. The number of nitro benzene ring substituents is 1. The van der Waals surface area contributed by atoms with E-state index in [4.69, 9.17) is 5.11 Å². The number of hydrogen-bond acceptors (Lipinski definition) is 4. The quantitative estimate of drug-likeness (QED) is 0.647. The molecule has 0 bridgehead atoms. The summed E-state index contributed by atoms with van der Waals surface area (Å²) in [5.41, 5.74) is -1.71. The molecule has 102 valence electrons. The molecule has 0 fully saturated rings. The molecule has 1 amide bonds. The first kappa shape index (κ1) is 15.1. The van der Waals surface area contributed by atoms with E-state index >= 15 is 0 Å². The smallest absolute Gasteiger partial charge is 0.328 e. The zero-order valence-corrected chi connectivity index (χ0v) is 11.7. The number of nitro groups is 1. The highest BCUT2D eigenvalue weighted by atomic mass is 79.9. The number of carbonyl (C=O) groups is 2. The summed E-state index contributed by atoms with van der Waals surface area (Å²) in [6.45, 7) is 2.64. The van der Waals surface area contributed by atoms with Gasteiger partial charge < -0.3 is 10.4 Å². The number of rotatable bonds is 4. The third-order valence-corrected chi connectivity index (χ3v) is 2.77. The van der Waals surface area contributed by atoms with Gasteiger partial charge in [-0.15, -0.1) is 0 Å². The van der Waals surface area contributed by atoms with Crippen molar-refractivity contribution in [2.45, 2.75) is 19.4 Å². The van der Waals surface area contributed by atoms with Crippen LogP contribution in [0.1, 0.15) is 24.2 Å². The molecule has 0 aliphatic carbocycles. The third-order valence-electron chi connectivity index (χ3n) is 2.32. The highest BCUT2D eigenvalue weighted by Gasteiger charge is 2.29.